The Bertz CT molecular complexity index is 1340. The van der Waals surface area contributed by atoms with Crippen molar-refractivity contribution in [1.82, 2.24) is 0 Å². The fraction of sp³-hybridized carbons (Fsp3) is 0.133. The van der Waals surface area contributed by atoms with Gasteiger partial charge in [-0.05, 0) is 67.6 Å². The SMILES string of the molecule is C=C(C)C(=O)Oc1cccc(C#Cc2ccc(C#Cc3cccc(OC(=O)C(C)C)c3)cc2)c1. The fourth-order valence-corrected chi connectivity index (χ4v) is 2.63. The van der Waals surface area contributed by atoms with Gasteiger partial charge in [0.2, 0.25) is 0 Å². The molecule has 3 aromatic rings. The van der Waals surface area contributed by atoms with Crippen LogP contribution in [0.25, 0.3) is 0 Å². The summed E-state index contributed by atoms with van der Waals surface area (Å²) >= 11 is 0. The Hall–Kier alpha value is -4.54. The Morgan fingerprint density at radius 1 is 0.706 bits per heavy atom. The van der Waals surface area contributed by atoms with Crippen LogP contribution in [0.2, 0.25) is 0 Å². The van der Waals surface area contributed by atoms with Crippen molar-refractivity contribution in [3.8, 4) is 35.2 Å². The molecule has 0 spiro atoms. The fourth-order valence-electron chi connectivity index (χ4n) is 2.63. The van der Waals surface area contributed by atoms with Gasteiger partial charge in [-0.15, -0.1) is 0 Å². The van der Waals surface area contributed by atoms with Crippen molar-refractivity contribution in [3.05, 3.63) is 107 Å². The summed E-state index contributed by atoms with van der Waals surface area (Å²) in [6.07, 6.45) is 0. The average Bonchev–Trinajstić information content (AvgIpc) is 2.82. The van der Waals surface area contributed by atoms with Gasteiger partial charge in [0.15, 0.2) is 0 Å². The summed E-state index contributed by atoms with van der Waals surface area (Å²) in [5, 5.41) is 0. The molecule has 0 amide bonds. The number of esters is 2. The van der Waals surface area contributed by atoms with Gasteiger partial charge in [0, 0.05) is 27.8 Å². The largest absolute Gasteiger partial charge is 0.426 e. The second kappa shape index (κ2) is 11.4. The predicted molar refractivity (Wildman–Crippen MR) is 132 cm³/mol. The van der Waals surface area contributed by atoms with Crippen molar-refractivity contribution in [3.63, 3.8) is 0 Å². The van der Waals surface area contributed by atoms with Gasteiger partial charge in [0.1, 0.15) is 11.5 Å². The highest BCUT2D eigenvalue weighted by Crippen LogP contribution is 2.15. The molecule has 4 heteroatoms. The van der Waals surface area contributed by atoms with E-state index in [9.17, 15) is 9.59 Å². The van der Waals surface area contributed by atoms with Gasteiger partial charge in [-0.1, -0.05) is 56.2 Å². The lowest BCUT2D eigenvalue weighted by Crippen LogP contribution is -2.14. The zero-order chi connectivity index (χ0) is 24.5. The summed E-state index contributed by atoms with van der Waals surface area (Å²) in [5.41, 5.74) is 3.49. The molecule has 0 heterocycles. The maximum atomic E-state index is 11.8. The maximum absolute atomic E-state index is 11.8. The van der Waals surface area contributed by atoms with Crippen LogP contribution in [0.5, 0.6) is 11.5 Å². The first-order valence-corrected chi connectivity index (χ1v) is 10.7. The zero-order valence-corrected chi connectivity index (χ0v) is 19.3. The molecule has 0 aliphatic rings. The van der Waals surface area contributed by atoms with E-state index in [0.717, 1.165) is 22.3 Å². The Labute approximate surface area is 200 Å². The van der Waals surface area contributed by atoms with E-state index in [-0.39, 0.29) is 11.9 Å². The summed E-state index contributed by atoms with van der Waals surface area (Å²) in [4.78, 5) is 23.4. The van der Waals surface area contributed by atoms with Crippen LogP contribution in [0.3, 0.4) is 0 Å². The number of ether oxygens (including phenoxy) is 2. The molecule has 168 valence electrons. The lowest BCUT2D eigenvalue weighted by molar-refractivity contribution is -0.137. The molecule has 0 fully saturated rings. The standard InChI is InChI=1S/C30H24O4/c1-21(2)29(31)33-27-9-5-7-25(19-27)17-15-23-11-13-24(14-12-23)16-18-26-8-6-10-28(20-26)34-30(32)22(3)4/h5-14,19-20,22H,1H2,2-4H3. The van der Waals surface area contributed by atoms with Crippen LogP contribution in [-0.2, 0) is 9.59 Å². The van der Waals surface area contributed by atoms with Crippen LogP contribution in [0, 0.1) is 29.6 Å². The van der Waals surface area contributed by atoms with Crippen LogP contribution < -0.4 is 9.47 Å². The summed E-state index contributed by atoms with van der Waals surface area (Å²) in [6, 6.07) is 21.8. The summed E-state index contributed by atoms with van der Waals surface area (Å²) in [7, 11) is 0. The maximum Gasteiger partial charge on any atom is 0.338 e. The van der Waals surface area contributed by atoms with Crippen LogP contribution in [0.15, 0.2) is 84.9 Å². The predicted octanol–water partition coefficient (Wildman–Crippen LogP) is 5.53. The van der Waals surface area contributed by atoms with E-state index in [0.29, 0.717) is 17.1 Å². The van der Waals surface area contributed by atoms with Gasteiger partial charge in [-0.2, -0.15) is 0 Å². The first-order valence-electron chi connectivity index (χ1n) is 10.7. The Morgan fingerprint density at radius 3 is 1.59 bits per heavy atom. The molecule has 0 aliphatic carbocycles. The van der Waals surface area contributed by atoms with Crippen LogP contribution in [0.4, 0.5) is 0 Å². The minimum absolute atomic E-state index is 0.195. The highest BCUT2D eigenvalue weighted by Gasteiger charge is 2.09. The van der Waals surface area contributed by atoms with E-state index in [4.69, 9.17) is 9.47 Å². The van der Waals surface area contributed by atoms with E-state index in [2.05, 4.69) is 30.3 Å². The van der Waals surface area contributed by atoms with E-state index in [1.165, 1.54) is 0 Å². The molecule has 0 bridgehead atoms. The number of benzene rings is 3. The third kappa shape index (κ3) is 7.26. The molecule has 0 unspecified atom stereocenters. The van der Waals surface area contributed by atoms with E-state index in [1.807, 2.05) is 36.4 Å². The topological polar surface area (TPSA) is 52.6 Å². The number of carbonyl (C=O) groups excluding carboxylic acids is 2. The molecule has 0 radical (unpaired) electrons. The second-order valence-electron chi connectivity index (χ2n) is 7.88. The van der Waals surface area contributed by atoms with Crippen LogP contribution >= 0.6 is 0 Å². The number of carbonyl (C=O) groups is 2. The van der Waals surface area contributed by atoms with Crippen molar-refractivity contribution in [1.29, 1.82) is 0 Å². The second-order valence-corrected chi connectivity index (χ2v) is 7.88. The molecular formula is C30H24O4. The molecule has 0 saturated heterocycles. The lowest BCUT2D eigenvalue weighted by atomic mass is 10.1. The van der Waals surface area contributed by atoms with Crippen molar-refractivity contribution >= 4 is 11.9 Å². The molecule has 0 atom stereocenters. The van der Waals surface area contributed by atoms with Crippen molar-refractivity contribution in [2.75, 3.05) is 0 Å². The van der Waals surface area contributed by atoms with Crippen LogP contribution in [0.1, 0.15) is 43.0 Å². The number of rotatable bonds is 4. The smallest absolute Gasteiger partial charge is 0.338 e. The van der Waals surface area contributed by atoms with Gasteiger partial charge in [-0.3, -0.25) is 4.79 Å². The third-order valence-corrected chi connectivity index (χ3v) is 4.50. The molecule has 4 nitrogen and oxygen atoms in total. The quantitative estimate of drug-likeness (QED) is 0.228. The first-order chi connectivity index (χ1) is 16.3. The number of hydrogen-bond donors (Lipinski definition) is 0. The van der Waals surface area contributed by atoms with E-state index < -0.39 is 5.97 Å². The van der Waals surface area contributed by atoms with Gasteiger partial charge in [0.05, 0.1) is 5.92 Å². The highest BCUT2D eigenvalue weighted by atomic mass is 16.5. The minimum atomic E-state index is -0.467. The molecule has 3 rings (SSSR count). The summed E-state index contributed by atoms with van der Waals surface area (Å²) in [6.45, 7) is 8.76. The zero-order valence-electron chi connectivity index (χ0n) is 19.3. The summed E-state index contributed by atoms with van der Waals surface area (Å²) in [5.74, 6) is 12.3. The monoisotopic (exact) mass is 448 g/mol. The van der Waals surface area contributed by atoms with Crippen LogP contribution in [-0.4, -0.2) is 11.9 Å². The summed E-state index contributed by atoms with van der Waals surface area (Å²) < 4.78 is 10.6. The lowest BCUT2D eigenvalue weighted by Gasteiger charge is -2.06. The molecule has 0 saturated carbocycles. The van der Waals surface area contributed by atoms with E-state index in [1.54, 1.807) is 57.2 Å². The van der Waals surface area contributed by atoms with Crippen molar-refractivity contribution in [2.45, 2.75) is 20.8 Å². The van der Waals surface area contributed by atoms with Crippen molar-refractivity contribution in [2.24, 2.45) is 5.92 Å². The van der Waals surface area contributed by atoms with Gasteiger partial charge >= 0.3 is 11.9 Å². The normalized spacial score (nSPS) is 9.76. The Kier molecular flexibility index (Phi) is 8.06. The minimum Gasteiger partial charge on any atom is -0.426 e. The van der Waals surface area contributed by atoms with Gasteiger partial charge in [0.25, 0.3) is 0 Å². The van der Waals surface area contributed by atoms with Gasteiger partial charge in [-0.25, -0.2) is 4.79 Å². The Morgan fingerprint density at radius 2 is 1.15 bits per heavy atom. The average molecular weight is 449 g/mol. The van der Waals surface area contributed by atoms with Crippen molar-refractivity contribution < 1.29 is 19.1 Å². The molecule has 0 N–H and O–H groups in total. The number of hydrogen-bond acceptors (Lipinski definition) is 4. The molecule has 0 aliphatic heterocycles. The molecule has 0 aromatic heterocycles. The molecule has 3 aromatic carbocycles. The van der Waals surface area contributed by atoms with Gasteiger partial charge < -0.3 is 9.47 Å². The molecule has 34 heavy (non-hydrogen) atoms. The third-order valence-electron chi connectivity index (χ3n) is 4.50. The molecular weight excluding hydrogens is 424 g/mol. The van der Waals surface area contributed by atoms with E-state index >= 15 is 0 Å². The Balaban J connectivity index is 1.67. The highest BCUT2D eigenvalue weighted by molar-refractivity contribution is 5.88. The first kappa shape index (κ1) is 24.1.